The van der Waals surface area contributed by atoms with Gasteiger partial charge in [0.05, 0.1) is 18.5 Å². The van der Waals surface area contributed by atoms with Crippen molar-refractivity contribution in [2.75, 3.05) is 7.11 Å². The van der Waals surface area contributed by atoms with Gasteiger partial charge >= 0.3 is 0 Å². The molecular weight excluding hydrogens is 319 g/mol. The summed E-state index contributed by atoms with van der Waals surface area (Å²) in [5.74, 6) is 0.425. The van der Waals surface area contributed by atoms with Crippen LogP contribution in [0.25, 0.3) is 0 Å². The molecule has 2 unspecified atom stereocenters. The molecule has 0 aromatic rings. The first-order chi connectivity index (χ1) is 11.7. The normalized spacial score (nSPS) is 53.6. The van der Waals surface area contributed by atoms with Gasteiger partial charge in [-0.15, -0.1) is 0 Å². The lowest BCUT2D eigenvalue weighted by molar-refractivity contribution is -0.188. The van der Waals surface area contributed by atoms with Crippen molar-refractivity contribution < 1.29 is 19.0 Å². The second-order valence-corrected chi connectivity index (χ2v) is 9.35. The predicted octanol–water partition coefficient (Wildman–Crippen LogP) is 4.29. The van der Waals surface area contributed by atoms with Crippen molar-refractivity contribution in [1.29, 1.82) is 0 Å². The first-order valence-corrected chi connectivity index (χ1v) is 9.70. The zero-order valence-corrected chi connectivity index (χ0v) is 16.2. The van der Waals surface area contributed by atoms with Crippen molar-refractivity contribution in [2.45, 2.75) is 72.0 Å². The molecule has 0 aromatic heterocycles. The first kappa shape index (κ1) is 19.0. The molecule has 3 aliphatic rings. The van der Waals surface area contributed by atoms with Crippen LogP contribution < -0.4 is 0 Å². The zero-order valence-electron chi connectivity index (χ0n) is 16.2. The fourth-order valence-corrected chi connectivity index (χ4v) is 6.77. The second-order valence-electron chi connectivity index (χ2n) is 9.35. The number of Topliss-reactive ketones (excluding diaryl/α,β-unsaturated/α-hetero) is 1. The molecule has 2 bridgehead atoms. The molecule has 0 aliphatic heterocycles. The second kappa shape index (κ2) is 6.16. The first-order valence-electron chi connectivity index (χ1n) is 9.70. The Balaban J connectivity index is 2.20. The molecule has 0 amide bonds. The van der Waals surface area contributed by atoms with Gasteiger partial charge in [-0.2, -0.15) is 0 Å². The molecule has 0 heterocycles. The minimum atomic E-state index is -0.949. The lowest BCUT2D eigenvalue weighted by Gasteiger charge is -2.61. The van der Waals surface area contributed by atoms with Crippen LogP contribution in [-0.2, 0) is 9.53 Å². The summed E-state index contributed by atoms with van der Waals surface area (Å²) in [7, 11) is 1.75. The highest BCUT2D eigenvalue weighted by atomic mass is 19.1. The Morgan fingerprint density at radius 1 is 1.24 bits per heavy atom. The van der Waals surface area contributed by atoms with E-state index in [9.17, 15) is 14.3 Å². The lowest BCUT2D eigenvalue weighted by Crippen LogP contribution is -2.62. The number of ketones is 1. The van der Waals surface area contributed by atoms with Crippen LogP contribution in [0.15, 0.2) is 12.4 Å². The van der Waals surface area contributed by atoms with Crippen molar-refractivity contribution in [2.24, 2.45) is 34.0 Å². The summed E-state index contributed by atoms with van der Waals surface area (Å²) in [6, 6.07) is 0. The summed E-state index contributed by atoms with van der Waals surface area (Å²) < 4.78 is 19.0. The molecule has 0 saturated heterocycles. The van der Waals surface area contributed by atoms with E-state index >= 15 is 0 Å². The summed E-state index contributed by atoms with van der Waals surface area (Å²) >= 11 is 0. The number of allylic oxidation sites excluding steroid dienone is 1. The fourth-order valence-electron chi connectivity index (χ4n) is 6.77. The molecule has 1 N–H and O–H groups in total. The Morgan fingerprint density at radius 3 is 2.48 bits per heavy atom. The van der Waals surface area contributed by atoms with Crippen LogP contribution in [0, 0.1) is 34.0 Å². The number of carbonyl (C=O) groups is 1. The Kier molecular flexibility index (Phi) is 4.69. The van der Waals surface area contributed by atoms with Gasteiger partial charge < -0.3 is 9.84 Å². The van der Waals surface area contributed by atoms with Crippen LogP contribution >= 0.6 is 0 Å². The third kappa shape index (κ3) is 2.39. The largest absolute Gasteiger partial charge is 0.392 e. The van der Waals surface area contributed by atoms with Crippen molar-refractivity contribution in [3.8, 4) is 0 Å². The molecular formula is C21H33FO3. The maximum Gasteiger partial charge on any atom is 0.146 e. The molecule has 3 saturated carbocycles. The van der Waals surface area contributed by atoms with Gasteiger partial charge in [-0.05, 0) is 62.4 Å². The van der Waals surface area contributed by atoms with Crippen LogP contribution in [0.1, 0.15) is 59.8 Å². The molecule has 25 heavy (non-hydrogen) atoms. The summed E-state index contributed by atoms with van der Waals surface area (Å²) in [5, 5.41) is 11.3. The van der Waals surface area contributed by atoms with Gasteiger partial charge in [0.2, 0.25) is 0 Å². The fraction of sp³-hybridized carbons (Fsp3) is 0.857. The molecule has 0 spiro atoms. The minimum Gasteiger partial charge on any atom is -0.392 e. The Labute approximate surface area is 151 Å². The van der Waals surface area contributed by atoms with Gasteiger partial charge in [-0.1, -0.05) is 20.8 Å². The Hall–Kier alpha value is -0.740. The van der Waals surface area contributed by atoms with E-state index in [0.717, 1.165) is 25.7 Å². The zero-order chi connectivity index (χ0) is 18.6. The molecule has 4 heteroatoms. The molecule has 3 aliphatic carbocycles. The SMILES string of the molecule is CO[C@@H]1CCC23CC[C@@H](C)[C@](C)(C12)[C@H](O)C[C@@](C)(C=CF)C(=O)[C@@H]3C. The van der Waals surface area contributed by atoms with E-state index in [1.807, 2.05) is 6.92 Å². The topological polar surface area (TPSA) is 46.5 Å². The average molecular weight is 352 g/mol. The summed E-state index contributed by atoms with van der Waals surface area (Å²) in [6.45, 7) is 8.22. The quantitative estimate of drug-likeness (QED) is 0.806. The Bertz CT molecular complexity index is 575. The van der Waals surface area contributed by atoms with Crippen LogP contribution in [0.5, 0.6) is 0 Å². The number of halogens is 1. The lowest BCUT2D eigenvalue weighted by atomic mass is 9.44. The molecule has 0 radical (unpaired) electrons. The van der Waals surface area contributed by atoms with E-state index in [0.29, 0.717) is 12.2 Å². The van der Waals surface area contributed by atoms with Crippen LogP contribution in [-0.4, -0.2) is 30.2 Å². The van der Waals surface area contributed by atoms with Gasteiger partial charge in [0.15, 0.2) is 0 Å². The van der Waals surface area contributed by atoms with E-state index in [-0.39, 0.29) is 41.0 Å². The summed E-state index contributed by atoms with van der Waals surface area (Å²) in [5.41, 5.74) is -1.42. The number of aliphatic hydroxyl groups excluding tert-OH is 1. The molecule has 0 aromatic carbocycles. The highest BCUT2D eigenvalue weighted by Gasteiger charge is 2.67. The highest BCUT2D eigenvalue weighted by Crippen LogP contribution is 2.68. The monoisotopic (exact) mass is 352 g/mol. The number of rotatable bonds is 2. The standard InChI is InChI=1S/C21H33FO3/c1-13-6-8-21-9-7-15(25-5)17(21)20(13,4)16(23)12-19(3,10-11-22)18(24)14(21)2/h10-11,13-17,23H,6-9,12H2,1-5H3/t13-,14+,15-,16-,17?,19-,20+,21?/m1/s1. The Morgan fingerprint density at radius 2 is 1.88 bits per heavy atom. The van der Waals surface area contributed by atoms with E-state index in [2.05, 4.69) is 13.8 Å². The van der Waals surface area contributed by atoms with Gasteiger partial charge in [-0.25, -0.2) is 4.39 Å². The van der Waals surface area contributed by atoms with E-state index in [1.54, 1.807) is 14.0 Å². The molecule has 3 nitrogen and oxygen atoms in total. The highest BCUT2D eigenvalue weighted by molar-refractivity contribution is 5.89. The van der Waals surface area contributed by atoms with Gasteiger partial charge in [0.1, 0.15) is 5.78 Å². The number of hydrogen-bond acceptors (Lipinski definition) is 3. The van der Waals surface area contributed by atoms with E-state index in [1.165, 1.54) is 6.08 Å². The summed E-state index contributed by atoms with van der Waals surface area (Å²) in [6.07, 6.45) is 5.44. The number of carbonyl (C=O) groups excluding carboxylic acids is 1. The van der Waals surface area contributed by atoms with Crippen LogP contribution in [0.3, 0.4) is 0 Å². The predicted molar refractivity (Wildman–Crippen MR) is 95.6 cm³/mol. The van der Waals surface area contributed by atoms with E-state index < -0.39 is 11.5 Å². The third-order valence-corrected chi connectivity index (χ3v) is 8.55. The maximum atomic E-state index is 13.4. The van der Waals surface area contributed by atoms with Crippen molar-refractivity contribution in [3.63, 3.8) is 0 Å². The molecule has 3 fully saturated rings. The van der Waals surface area contributed by atoms with E-state index in [4.69, 9.17) is 4.74 Å². The molecule has 8 atom stereocenters. The van der Waals surface area contributed by atoms with Crippen LogP contribution in [0.4, 0.5) is 4.39 Å². The summed E-state index contributed by atoms with van der Waals surface area (Å²) in [4.78, 5) is 13.4. The van der Waals surface area contributed by atoms with Crippen molar-refractivity contribution in [3.05, 3.63) is 12.4 Å². The smallest absolute Gasteiger partial charge is 0.146 e. The van der Waals surface area contributed by atoms with Gasteiger partial charge in [0.25, 0.3) is 0 Å². The number of ether oxygens (including phenoxy) is 1. The molecule has 142 valence electrons. The number of aliphatic hydroxyl groups is 1. The average Bonchev–Trinajstić information content (AvgIpc) is 2.97. The van der Waals surface area contributed by atoms with Gasteiger partial charge in [0, 0.05) is 23.9 Å². The van der Waals surface area contributed by atoms with Crippen molar-refractivity contribution in [1.82, 2.24) is 0 Å². The van der Waals surface area contributed by atoms with Gasteiger partial charge in [-0.3, -0.25) is 4.79 Å². The van der Waals surface area contributed by atoms with Crippen LogP contribution in [0.2, 0.25) is 0 Å². The van der Waals surface area contributed by atoms with Crippen molar-refractivity contribution >= 4 is 5.78 Å². The number of methoxy groups -OCH3 is 1. The number of hydrogen-bond donors (Lipinski definition) is 1. The third-order valence-electron chi connectivity index (χ3n) is 8.55. The minimum absolute atomic E-state index is 0.0683. The maximum absolute atomic E-state index is 13.4. The molecule has 3 rings (SSSR count).